The van der Waals surface area contributed by atoms with E-state index >= 15 is 0 Å². The van der Waals surface area contributed by atoms with Crippen molar-refractivity contribution in [3.8, 4) is 0 Å². The number of hydrogen-bond donors (Lipinski definition) is 1. The van der Waals surface area contributed by atoms with Crippen LogP contribution in [0.5, 0.6) is 0 Å². The van der Waals surface area contributed by atoms with Crippen LogP contribution in [0, 0.1) is 17.8 Å². The summed E-state index contributed by atoms with van der Waals surface area (Å²) in [6, 6.07) is -0.313. The summed E-state index contributed by atoms with van der Waals surface area (Å²) in [5.74, 6) is 1.64. The third kappa shape index (κ3) is 2.71. The molecule has 3 unspecified atom stereocenters. The normalized spacial score (nSPS) is 30.3. The monoisotopic (exact) mass is 212 g/mol. The van der Waals surface area contributed by atoms with Gasteiger partial charge in [-0.05, 0) is 17.8 Å². The molecule has 0 aliphatic carbocycles. The van der Waals surface area contributed by atoms with Crippen LogP contribution in [0.4, 0.5) is 0 Å². The second-order valence-electron chi connectivity index (χ2n) is 5.11. The van der Waals surface area contributed by atoms with Gasteiger partial charge in [0, 0.05) is 13.1 Å². The van der Waals surface area contributed by atoms with E-state index in [1.54, 1.807) is 0 Å². The first kappa shape index (κ1) is 12.5. The highest BCUT2D eigenvalue weighted by molar-refractivity contribution is 5.82. The minimum absolute atomic E-state index is 0.139. The van der Waals surface area contributed by atoms with Crippen molar-refractivity contribution < 1.29 is 4.79 Å². The van der Waals surface area contributed by atoms with Crippen molar-refractivity contribution in [1.82, 2.24) is 4.90 Å². The summed E-state index contributed by atoms with van der Waals surface area (Å²) in [6.07, 6.45) is 0.964. The van der Waals surface area contributed by atoms with Crippen molar-refractivity contribution in [3.05, 3.63) is 0 Å². The predicted octanol–water partition coefficient (Wildman–Crippen LogP) is 1.47. The molecule has 0 radical (unpaired) electrons. The van der Waals surface area contributed by atoms with E-state index in [0.717, 1.165) is 19.5 Å². The van der Waals surface area contributed by atoms with Crippen LogP contribution in [-0.4, -0.2) is 29.9 Å². The maximum atomic E-state index is 12.0. The van der Waals surface area contributed by atoms with Gasteiger partial charge in [0.05, 0.1) is 6.04 Å². The molecule has 1 amide bonds. The maximum Gasteiger partial charge on any atom is 0.239 e. The van der Waals surface area contributed by atoms with Crippen molar-refractivity contribution in [2.24, 2.45) is 23.5 Å². The van der Waals surface area contributed by atoms with E-state index in [4.69, 9.17) is 5.73 Å². The first-order chi connectivity index (χ1) is 6.97. The fourth-order valence-electron chi connectivity index (χ4n) is 2.02. The smallest absolute Gasteiger partial charge is 0.239 e. The number of nitrogens with two attached hydrogens (primary N) is 1. The van der Waals surface area contributed by atoms with Crippen LogP contribution >= 0.6 is 0 Å². The van der Waals surface area contributed by atoms with Gasteiger partial charge in [-0.1, -0.05) is 34.1 Å². The Bertz CT molecular complexity index is 220. The van der Waals surface area contributed by atoms with Gasteiger partial charge in [0.1, 0.15) is 0 Å². The molecule has 1 saturated heterocycles. The Labute approximate surface area is 93.0 Å². The molecule has 0 aromatic heterocycles. The Morgan fingerprint density at radius 2 is 1.87 bits per heavy atom. The van der Waals surface area contributed by atoms with E-state index in [-0.39, 0.29) is 17.9 Å². The van der Waals surface area contributed by atoms with E-state index in [1.165, 1.54) is 0 Å². The second-order valence-corrected chi connectivity index (χ2v) is 5.11. The van der Waals surface area contributed by atoms with Crippen LogP contribution in [-0.2, 0) is 4.79 Å². The highest BCUT2D eigenvalue weighted by Gasteiger charge is 2.33. The number of hydrogen-bond acceptors (Lipinski definition) is 2. The summed E-state index contributed by atoms with van der Waals surface area (Å²) in [7, 11) is 0. The Morgan fingerprint density at radius 1 is 1.40 bits per heavy atom. The summed E-state index contributed by atoms with van der Waals surface area (Å²) in [5, 5.41) is 0. The summed E-state index contributed by atoms with van der Waals surface area (Å²) in [4.78, 5) is 14.0. The molecule has 0 saturated carbocycles. The first-order valence-corrected chi connectivity index (χ1v) is 6.01. The fourth-order valence-corrected chi connectivity index (χ4v) is 2.02. The summed E-state index contributed by atoms with van der Waals surface area (Å²) in [5.41, 5.74) is 5.95. The number of likely N-dealkylation sites (tertiary alicyclic amines) is 1. The van der Waals surface area contributed by atoms with Crippen LogP contribution in [0.1, 0.15) is 34.1 Å². The lowest BCUT2D eigenvalue weighted by molar-refractivity contribution is -0.132. The molecule has 3 heteroatoms. The number of nitrogens with zero attached hydrogens (tertiary/aromatic N) is 1. The van der Waals surface area contributed by atoms with E-state index in [2.05, 4.69) is 20.8 Å². The van der Waals surface area contributed by atoms with Crippen molar-refractivity contribution in [1.29, 1.82) is 0 Å². The van der Waals surface area contributed by atoms with Gasteiger partial charge in [-0.15, -0.1) is 0 Å². The van der Waals surface area contributed by atoms with Gasteiger partial charge in [0.25, 0.3) is 0 Å². The topological polar surface area (TPSA) is 46.3 Å². The van der Waals surface area contributed by atoms with Gasteiger partial charge >= 0.3 is 0 Å². The lowest BCUT2D eigenvalue weighted by atomic mass is 9.99. The molecule has 4 atom stereocenters. The summed E-state index contributed by atoms with van der Waals surface area (Å²) in [6.45, 7) is 10.3. The Morgan fingerprint density at radius 3 is 2.27 bits per heavy atom. The minimum Gasteiger partial charge on any atom is -0.341 e. The molecular weight excluding hydrogens is 188 g/mol. The molecular formula is C12H24N2O. The average molecular weight is 212 g/mol. The van der Waals surface area contributed by atoms with Crippen molar-refractivity contribution in [2.75, 3.05) is 13.1 Å². The zero-order valence-corrected chi connectivity index (χ0v) is 10.4. The van der Waals surface area contributed by atoms with E-state index in [9.17, 15) is 4.79 Å². The van der Waals surface area contributed by atoms with Crippen LogP contribution in [0.25, 0.3) is 0 Å². The van der Waals surface area contributed by atoms with Gasteiger partial charge < -0.3 is 10.6 Å². The van der Waals surface area contributed by atoms with Crippen molar-refractivity contribution >= 4 is 5.91 Å². The molecule has 15 heavy (non-hydrogen) atoms. The van der Waals surface area contributed by atoms with E-state index in [0.29, 0.717) is 11.8 Å². The van der Waals surface area contributed by atoms with E-state index in [1.807, 2.05) is 11.8 Å². The molecule has 1 rings (SSSR count). The van der Waals surface area contributed by atoms with E-state index < -0.39 is 0 Å². The SMILES string of the molecule is CCC(C)[C@H](N)C(=O)N1CC(C)C(C)C1. The molecule has 88 valence electrons. The Kier molecular flexibility index (Phi) is 4.14. The number of rotatable bonds is 3. The van der Waals surface area contributed by atoms with Crippen LogP contribution in [0.15, 0.2) is 0 Å². The highest BCUT2D eigenvalue weighted by Crippen LogP contribution is 2.23. The maximum absolute atomic E-state index is 12.0. The van der Waals surface area contributed by atoms with Crippen LogP contribution < -0.4 is 5.73 Å². The molecule has 0 spiro atoms. The quantitative estimate of drug-likeness (QED) is 0.770. The zero-order chi connectivity index (χ0) is 11.6. The zero-order valence-electron chi connectivity index (χ0n) is 10.4. The summed E-state index contributed by atoms with van der Waals surface area (Å²) < 4.78 is 0. The summed E-state index contributed by atoms with van der Waals surface area (Å²) >= 11 is 0. The lowest BCUT2D eigenvalue weighted by Crippen LogP contribution is -2.46. The standard InChI is InChI=1S/C12H24N2O/c1-5-8(2)11(13)12(15)14-6-9(3)10(4)7-14/h8-11H,5-7,13H2,1-4H3/t8?,9?,10?,11-/m0/s1. The second kappa shape index (κ2) is 4.97. The molecule has 0 aromatic carbocycles. The molecule has 1 aliphatic heterocycles. The fraction of sp³-hybridized carbons (Fsp3) is 0.917. The number of carbonyl (C=O) groups is 1. The van der Waals surface area contributed by atoms with Gasteiger partial charge in [-0.25, -0.2) is 0 Å². The van der Waals surface area contributed by atoms with Gasteiger partial charge in [0.2, 0.25) is 5.91 Å². The number of carbonyl (C=O) groups excluding carboxylic acids is 1. The molecule has 3 nitrogen and oxygen atoms in total. The number of amides is 1. The molecule has 2 N–H and O–H groups in total. The molecule has 1 fully saturated rings. The Balaban J connectivity index is 2.54. The van der Waals surface area contributed by atoms with Gasteiger partial charge in [-0.3, -0.25) is 4.79 Å². The highest BCUT2D eigenvalue weighted by atomic mass is 16.2. The molecule has 0 aromatic rings. The average Bonchev–Trinajstić information content (AvgIpc) is 2.56. The lowest BCUT2D eigenvalue weighted by Gasteiger charge is -2.24. The predicted molar refractivity (Wildman–Crippen MR) is 62.3 cm³/mol. The third-order valence-electron chi connectivity index (χ3n) is 3.84. The molecule has 1 heterocycles. The van der Waals surface area contributed by atoms with Gasteiger partial charge in [-0.2, -0.15) is 0 Å². The van der Waals surface area contributed by atoms with Gasteiger partial charge in [0.15, 0.2) is 0 Å². The first-order valence-electron chi connectivity index (χ1n) is 6.01. The van der Waals surface area contributed by atoms with Crippen LogP contribution in [0.2, 0.25) is 0 Å². The van der Waals surface area contributed by atoms with Crippen molar-refractivity contribution in [3.63, 3.8) is 0 Å². The molecule has 0 bridgehead atoms. The molecule has 1 aliphatic rings. The van der Waals surface area contributed by atoms with Crippen molar-refractivity contribution in [2.45, 2.75) is 40.2 Å². The minimum atomic E-state index is -0.313. The third-order valence-corrected chi connectivity index (χ3v) is 3.84. The van der Waals surface area contributed by atoms with Crippen LogP contribution in [0.3, 0.4) is 0 Å². The largest absolute Gasteiger partial charge is 0.341 e. The Hall–Kier alpha value is -0.570.